The lowest BCUT2D eigenvalue weighted by atomic mass is 10.3. The van der Waals surface area contributed by atoms with Crippen LogP contribution in [0.4, 0.5) is 5.00 Å². The Morgan fingerprint density at radius 2 is 2.00 bits per heavy atom. The van der Waals surface area contributed by atoms with Crippen LogP contribution in [-0.2, 0) is 9.53 Å². The molecule has 0 radical (unpaired) electrons. The highest BCUT2D eigenvalue weighted by molar-refractivity contribution is 7.99. The van der Waals surface area contributed by atoms with E-state index in [1.807, 2.05) is 31.2 Å². The molecule has 0 bridgehead atoms. The van der Waals surface area contributed by atoms with E-state index < -0.39 is 0 Å². The van der Waals surface area contributed by atoms with Gasteiger partial charge >= 0.3 is 5.97 Å². The molecule has 0 spiro atoms. The van der Waals surface area contributed by atoms with Crippen molar-refractivity contribution in [1.29, 1.82) is 0 Å². The Balaban J connectivity index is 1.83. The van der Waals surface area contributed by atoms with Gasteiger partial charge in [-0.1, -0.05) is 11.6 Å². The van der Waals surface area contributed by atoms with Crippen molar-refractivity contribution in [3.8, 4) is 0 Å². The number of carbonyl (C=O) groups is 2. The Kier molecular flexibility index (Phi) is 7.15. The van der Waals surface area contributed by atoms with Gasteiger partial charge in [-0.15, -0.1) is 23.1 Å². The number of nitrogens with one attached hydrogen (secondary N) is 1. The van der Waals surface area contributed by atoms with Crippen LogP contribution in [0.3, 0.4) is 0 Å². The van der Waals surface area contributed by atoms with Crippen LogP contribution in [0, 0.1) is 6.92 Å². The summed E-state index contributed by atoms with van der Waals surface area (Å²) in [7, 11) is 0. The molecule has 1 aromatic heterocycles. The van der Waals surface area contributed by atoms with Gasteiger partial charge < -0.3 is 10.1 Å². The van der Waals surface area contributed by atoms with Crippen LogP contribution >= 0.6 is 34.7 Å². The SMILES string of the molecule is CCOC(=O)c1sc(NC(=O)CCSc2ccc(Cl)cc2)cc1C. The molecule has 7 heteroatoms. The van der Waals surface area contributed by atoms with Crippen molar-refractivity contribution in [2.75, 3.05) is 17.7 Å². The number of anilines is 1. The van der Waals surface area contributed by atoms with Crippen LogP contribution in [0.1, 0.15) is 28.6 Å². The first-order valence-corrected chi connectivity index (χ1v) is 9.63. The predicted molar refractivity (Wildman–Crippen MR) is 100 cm³/mol. The highest BCUT2D eigenvalue weighted by atomic mass is 35.5. The van der Waals surface area contributed by atoms with Crippen molar-refractivity contribution in [2.45, 2.75) is 25.2 Å². The van der Waals surface area contributed by atoms with E-state index in [2.05, 4.69) is 5.32 Å². The lowest BCUT2D eigenvalue weighted by Crippen LogP contribution is -2.11. The Bertz CT molecular complexity index is 713. The quantitative estimate of drug-likeness (QED) is 0.539. The number of carbonyl (C=O) groups excluding carboxylic acids is 2. The van der Waals surface area contributed by atoms with E-state index in [1.165, 1.54) is 11.3 Å². The van der Waals surface area contributed by atoms with Gasteiger partial charge in [-0.3, -0.25) is 4.79 Å². The first kappa shape index (κ1) is 18.8. The highest BCUT2D eigenvalue weighted by Crippen LogP contribution is 2.28. The summed E-state index contributed by atoms with van der Waals surface area (Å²) in [6.07, 6.45) is 0.388. The number of hydrogen-bond acceptors (Lipinski definition) is 5. The number of aryl methyl sites for hydroxylation is 1. The minimum atomic E-state index is -0.348. The van der Waals surface area contributed by atoms with Crippen molar-refractivity contribution >= 4 is 51.6 Å². The average molecular weight is 384 g/mol. The van der Waals surface area contributed by atoms with Crippen molar-refractivity contribution < 1.29 is 14.3 Å². The fraction of sp³-hybridized carbons (Fsp3) is 0.294. The molecule has 0 fully saturated rings. The first-order chi connectivity index (χ1) is 11.5. The molecular weight excluding hydrogens is 366 g/mol. The van der Waals surface area contributed by atoms with E-state index in [1.54, 1.807) is 24.8 Å². The second-order valence-corrected chi connectivity index (χ2v) is 7.60. The number of rotatable bonds is 7. The van der Waals surface area contributed by atoms with Crippen LogP contribution in [0.5, 0.6) is 0 Å². The summed E-state index contributed by atoms with van der Waals surface area (Å²) in [6.45, 7) is 3.93. The Labute approximate surface area is 154 Å². The largest absolute Gasteiger partial charge is 0.462 e. The van der Waals surface area contributed by atoms with Crippen molar-refractivity contribution in [2.24, 2.45) is 0 Å². The molecule has 0 aliphatic carbocycles. The number of thiophene rings is 1. The van der Waals surface area contributed by atoms with Crippen LogP contribution < -0.4 is 5.32 Å². The summed E-state index contributed by atoms with van der Waals surface area (Å²) in [4.78, 5) is 25.4. The third-order valence-corrected chi connectivity index (χ3v) is 5.45. The van der Waals surface area contributed by atoms with Crippen LogP contribution in [-0.4, -0.2) is 24.2 Å². The molecule has 1 amide bonds. The molecular formula is C17H18ClNO3S2. The van der Waals surface area contributed by atoms with E-state index in [0.29, 0.717) is 33.7 Å². The lowest BCUT2D eigenvalue weighted by molar-refractivity contribution is -0.115. The van der Waals surface area contributed by atoms with E-state index in [4.69, 9.17) is 16.3 Å². The first-order valence-electron chi connectivity index (χ1n) is 7.45. The van der Waals surface area contributed by atoms with Crippen LogP contribution in [0.15, 0.2) is 35.2 Å². The number of hydrogen-bond donors (Lipinski definition) is 1. The van der Waals surface area contributed by atoms with Gasteiger partial charge in [-0.05, 0) is 49.7 Å². The van der Waals surface area contributed by atoms with Gasteiger partial charge in [-0.25, -0.2) is 4.79 Å². The van der Waals surface area contributed by atoms with E-state index >= 15 is 0 Å². The molecule has 1 aromatic carbocycles. The normalized spacial score (nSPS) is 10.5. The minimum absolute atomic E-state index is 0.0758. The maximum absolute atomic E-state index is 12.0. The fourth-order valence-corrected chi connectivity index (χ4v) is 3.90. The third-order valence-electron chi connectivity index (χ3n) is 3.05. The molecule has 2 rings (SSSR count). The van der Waals surface area contributed by atoms with E-state index in [9.17, 15) is 9.59 Å². The van der Waals surface area contributed by atoms with Crippen LogP contribution in [0.2, 0.25) is 5.02 Å². The maximum atomic E-state index is 12.0. The summed E-state index contributed by atoms with van der Waals surface area (Å²) >= 11 is 8.68. The average Bonchev–Trinajstić information content (AvgIpc) is 2.90. The number of halogens is 1. The van der Waals surface area contributed by atoms with E-state index in [-0.39, 0.29) is 11.9 Å². The zero-order valence-electron chi connectivity index (χ0n) is 13.4. The summed E-state index contributed by atoms with van der Waals surface area (Å²) in [5, 5.41) is 4.19. The molecule has 128 valence electrons. The number of benzene rings is 1. The van der Waals surface area contributed by atoms with Gasteiger partial charge in [0.15, 0.2) is 0 Å². The van der Waals surface area contributed by atoms with Gasteiger partial charge in [0.05, 0.1) is 11.6 Å². The molecule has 1 N–H and O–H groups in total. The summed E-state index contributed by atoms with van der Waals surface area (Å²) in [5.74, 6) is 0.245. The zero-order chi connectivity index (χ0) is 17.5. The Morgan fingerprint density at radius 1 is 1.29 bits per heavy atom. The van der Waals surface area contributed by atoms with Crippen molar-refractivity contribution in [1.82, 2.24) is 0 Å². The number of esters is 1. The monoisotopic (exact) mass is 383 g/mol. The topological polar surface area (TPSA) is 55.4 Å². The predicted octanol–water partition coefficient (Wildman–Crippen LogP) is 5.01. The third kappa shape index (κ3) is 5.54. The van der Waals surface area contributed by atoms with E-state index in [0.717, 1.165) is 10.5 Å². The minimum Gasteiger partial charge on any atom is -0.462 e. The molecule has 0 aliphatic heterocycles. The van der Waals surface area contributed by atoms with Crippen molar-refractivity contribution in [3.05, 3.63) is 45.8 Å². The standard InChI is InChI=1S/C17H18ClNO3S2/c1-3-22-17(21)16-11(2)10-15(24-16)19-14(20)8-9-23-13-6-4-12(18)5-7-13/h4-7,10H,3,8-9H2,1-2H3,(H,19,20). The lowest BCUT2D eigenvalue weighted by Gasteiger charge is -2.03. The molecule has 0 saturated heterocycles. The van der Waals surface area contributed by atoms with Gasteiger partial charge in [0.25, 0.3) is 0 Å². The van der Waals surface area contributed by atoms with Gasteiger partial charge in [0, 0.05) is 22.1 Å². The zero-order valence-corrected chi connectivity index (χ0v) is 15.8. The maximum Gasteiger partial charge on any atom is 0.348 e. The molecule has 0 atom stereocenters. The fourth-order valence-electron chi connectivity index (χ4n) is 1.94. The number of thioether (sulfide) groups is 1. The molecule has 4 nitrogen and oxygen atoms in total. The molecule has 0 aliphatic rings. The highest BCUT2D eigenvalue weighted by Gasteiger charge is 2.15. The molecule has 0 saturated carbocycles. The van der Waals surface area contributed by atoms with Crippen LogP contribution in [0.25, 0.3) is 0 Å². The molecule has 24 heavy (non-hydrogen) atoms. The molecule has 1 heterocycles. The molecule has 0 unspecified atom stereocenters. The second-order valence-electron chi connectivity index (χ2n) is 4.94. The second kappa shape index (κ2) is 9.11. The molecule has 2 aromatic rings. The van der Waals surface area contributed by atoms with Crippen molar-refractivity contribution in [3.63, 3.8) is 0 Å². The summed E-state index contributed by atoms with van der Waals surface area (Å²) in [6, 6.07) is 9.31. The number of amides is 1. The summed E-state index contributed by atoms with van der Waals surface area (Å²) < 4.78 is 5.00. The summed E-state index contributed by atoms with van der Waals surface area (Å²) in [5.41, 5.74) is 0.810. The smallest absolute Gasteiger partial charge is 0.348 e. The van der Waals surface area contributed by atoms with Gasteiger partial charge in [0.1, 0.15) is 4.88 Å². The van der Waals surface area contributed by atoms with Gasteiger partial charge in [0.2, 0.25) is 5.91 Å². The Hall–Kier alpha value is -1.50. The number of ether oxygens (including phenoxy) is 1. The van der Waals surface area contributed by atoms with Gasteiger partial charge in [-0.2, -0.15) is 0 Å². The Morgan fingerprint density at radius 3 is 2.67 bits per heavy atom.